The van der Waals surface area contributed by atoms with E-state index in [-0.39, 0.29) is 29.0 Å². The molecule has 4 amide bonds. The molecule has 206 valence electrons. The maximum Gasteiger partial charge on any atom is 0.273 e. The molecule has 6 N–H and O–H groups in total. The third kappa shape index (κ3) is 10.1. The topological polar surface area (TPSA) is 157 Å². The lowest BCUT2D eigenvalue weighted by atomic mass is 9.98. The average Bonchev–Trinajstić information content (AvgIpc) is 2.91. The SMILES string of the molecule is CCCCCCCCCCCC(C(=O)NNC(=O)c1ccccc1O)C(=O)NNC(=O)c1ccccc1O. The van der Waals surface area contributed by atoms with Crippen LogP contribution in [0, 0.1) is 5.92 Å². The van der Waals surface area contributed by atoms with Gasteiger partial charge in [0, 0.05) is 0 Å². The highest BCUT2D eigenvalue weighted by Crippen LogP contribution is 2.17. The van der Waals surface area contributed by atoms with Crippen LogP contribution in [0.2, 0.25) is 0 Å². The van der Waals surface area contributed by atoms with Gasteiger partial charge in [0.2, 0.25) is 0 Å². The first-order valence-electron chi connectivity index (χ1n) is 13.1. The fraction of sp³-hybridized carbons (Fsp3) is 0.429. The molecule has 38 heavy (non-hydrogen) atoms. The van der Waals surface area contributed by atoms with Gasteiger partial charge in [-0.05, 0) is 30.7 Å². The Hall–Kier alpha value is -4.08. The molecular formula is C28H38N4O6. The Labute approximate surface area is 223 Å². The number of carbonyl (C=O) groups is 4. The summed E-state index contributed by atoms with van der Waals surface area (Å²) in [7, 11) is 0. The molecular weight excluding hydrogens is 488 g/mol. The molecule has 0 fully saturated rings. The van der Waals surface area contributed by atoms with Crippen LogP contribution in [0.25, 0.3) is 0 Å². The molecule has 0 radical (unpaired) electrons. The zero-order valence-corrected chi connectivity index (χ0v) is 21.8. The Kier molecular flexibility index (Phi) is 13.2. The van der Waals surface area contributed by atoms with Gasteiger partial charge in [-0.3, -0.25) is 40.9 Å². The van der Waals surface area contributed by atoms with Crippen molar-refractivity contribution in [1.82, 2.24) is 21.7 Å². The summed E-state index contributed by atoms with van der Waals surface area (Å²) < 4.78 is 0. The van der Waals surface area contributed by atoms with Gasteiger partial charge in [0.15, 0.2) is 0 Å². The lowest BCUT2D eigenvalue weighted by Gasteiger charge is -2.18. The highest BCUT2D eigenvalue weighted by Gasteiger charge is 2.27. The number of hydrogen-bond acceptors (Lipinski definition) is 6. The molecule has 0 spiro atoms. The number of phenolic OH excluding ortho intramolecular Hbond substituents is 2. The van der Waals surface area contributed by atoms with E-state index in [0.29, 0.717) is 6.42 Å². The van der Waals surface area contributed by atoms with Crippen molar-refractivity contribution in [2.75, 3.05) is 0 Å². The summed E-state index contributed by atoms with van der Waals surface area (Å²) in [6.07, 6.45) is 9.73. The molecule has 2 aromatic carbocycles. The van der Waals surface area contributed by atoms with Crippen LogP contribution < -0.4 is 21.7 Å². The molecule has 10 nitrogen and oxygen atoms in total. The number of phenols is 2. The van der Waals surface area contributed by atoms with E-state index in [2.05, 4.69) is 28.6 Å². The van der Waals surface area contributed by atoms with Crippen molar-refractivity contribution in [2.24, 2.45) is 5.92 Å². The van der Waals surface area contributed by atoms with Gasteiger partial charge < -0.3 is 10.2 Å². The van der Waals surface area contributed by atoms with Crippen molar-refractivity contribution in [3.63, 3.8) is 0 Å². The Bertz CT molecular complexity index is 1000. The second-order valence-electron chi connectivity index (χ2n) is 9.09. The number of aromatic hydroxyl groups is 2. The summed E-state index contributed by atoms with van der Waals surface area (Å²) in [6.45, 7) is 2.18. The van der Waals surface area contributed by atoms with Crippen LogP contribution in [0.5, 0.6) is 11.5 Å². The lowest BCUT2D eigenvalue weighted by molar-refractivity contribution is -0.136. The van der Waals surface area contributed by atoms with E-state index in [4.69, 9.17) is 0 Å². The summed E-state index contributed by atoms with van der Waals surface area (Å²) in [6, 6.07) is 11.7. The van der Waals surface area contributed by atoms with Gasteiger partial charge in [0.05, 0.1) is 11.1 Å². The monoisotopic (exact) mass is 526 g/mol. The van der Waals surface area contributed by atoms with E-state index < -0.39 is 29.5 Å². The first kappa shape index (κ1) is 30.1. The minimum Gasteiger partial charge on any atom is -0.507 e. The van der Waals surface area contributed by atoms with E-state index in [9.17, 15) is 29.4 Å². The fourth-order valence-electron chi connectivity index (χ4n) is 3.92. The number of hydrazine groups is 2. The molecule has 0 aromatic heterocycles. The zero-order chi connectivity index (χ0) is 27.8. The number of carbonyl (C=O) groups excluding carboxylic acids is 4. The van der Waals surface area contributed by atoms with Crippen LogP contribution >= 0.6 is 0 Å². The Morgan fingerprint density at radius 2 is 1.00 bits per heavy atom. The molecule has 0 aliphatic carbocycles. The molecule has 0 saturated carbocycles. The maximum atomic E-state index is 12.8. The minimum absolute atomic E-state index is 0.0392. The van der Waals surface area contributed by atoms with E-state index >= 15 is 0 Å². The van der Waals surface area contributed by atoms with Gasteiger partial charge in [-0.1, -0.05) is 89.0 Å². The van der Waals surface area contributed by atoms with Gasteiger partial charge in [-0.2, -0.15) is 0 Å². The second-order valence-corrected chi connectivity index (χ2v) is 9.09. The second kappa shape index (κ2) is 16.6. The van der Waals surface area contributed by atoms with Crippen LogP contribution in [-0.2, 0) is 9.59 Å². The maximum absolute atomic E-state index is 12.8. The minimum atomic E-state index is -1.20. The fourth-order valence-corrected chi connectivity index (χ4v) is 3.92. The Morgan fingerprint density at radius 3 is 1.42 bits per heavy atom. The third-order valence-corrected chi connectivity index (χ3v) is 6.13. The standard InChI is InChI=1S/C28H38N4O6/c1-2-3-4-5-6-7-8-9-10-17-22(27(37)31-29-25(35)20-15-11-13-18-23(20)33)28(38)32-30-26(36)21-16-12-14-19-24(21)34/h11-16,18-19,22,33-34H,2-10,17H2,1H3,(H,29,35)(H,30,36)(H,31,37)(H,32,38). The predicted molar refractivity (Wildman–Crippen MR) is 143 cm³/mol. The zero-order valence-electron chi connectivity index (χ0n) is 21.8. The van der Waals surface area contributed by atoms with Gasteiger partial charge >= 0.3 is 0 Å². The summed E-state index contributed by atoms with van der Waals surface area (Å²) >= 11 is 0. The van der Waals surface area contributed by atoms with Crippen molar-refractivity contribution < 1.29 is 29.4 Å². The molecule has 2 rings (SSSR count). The number of unbranched alkanes of at least 4 members (excludes halogenated alkanes) is 8. The normalized spacial score (nSPS) is 10.6. The summed E-state index contributed by atoms with van der Waals surface area (Å²) in [4.78, 5) is 50.3. The van der Waals surface area contributed by atoms with Crippen LogP contribution in [-0.4, -0.2) is 33.8 Å². The molecule has 10 heteroatoms. The quantitative estimate of drug-likeness (QED) is 0.125. The number of benzene rings is 2. The number of rotatable bonds is 14. The van der Waals surface area contributed by atoms with Gasteiger partial charge in [-0.15, -0.1) is 0 Å². The highest BCUT2D eigenvalue weighted by molar-refractivity contribution is 6.04. The molecule has 0 aliphatic heterocycles. The van der Waals surface area contributed by atoms with E-state index in [1.807, 2.05) is 0 Å². The van der Waals surface area contributed by atoms with E-state index in [1.54, 1.807) is 24.3 Å². The third-order valence-electron chi connectivity index (χ3n) is 6.13. The molecule has 0 atom stereocenters. The smallest absolute Gasteiger partial charge is 0.273 e. The lowest BCUT2D eigenvalue weighted by Crippen LogP contribution is -2.51. The van der Waals surface area contributed by atoms with E-state index in [0.717, 1.165) is 25.7 Å². The predicted octanol–water partition coefficient (Wildman–Crippen LogP) is 3.86. The number of nitrogens with one attached hydrogen (secondary N) is 4. The molecule has 0 aliphatic rings. The summed E-state index contributed by atoms with van der Waals surface area (Å²) in [5.41, 5.74) is 8.81. The van der Waals surface area contributed by atoms with Crippen molar-refractivity contribution in [2.45, 2.75) is 71.1 Å². The average molecular weight is 527 g/mol. The number of hydrogen-bond donors (Lipinski definition) is 6. The van der Waals surface area contributed by atoms with Gasteiger partial charge in [-0.25, -0.2) is 0 Å². The molecule has 0 saturated heterocycles. The van der Waals surface area contributed by atoms with Crippen molar-refractivity contribution in [1.29, 1.82) is 0 Å². The summed E-state index contributed by atoms with van der Waals surface area (Å²) in [5.74, 6) is -4.72. The van der Waals surface area contributed by atoms with Gasteiger partial charge in [0.25, 0.3) is 23.6 Å². The number of para-hydroxylation sites is 2. The molecule has 0 heterocycles. The molecule has 2 aromatic rings. The van der Waals surface area contributed by atoms with Gasteiger partial charge in [0.1, 0.15) is 17.4 Å². The summed E-state index contributed by atoms with van der Waals surface area (Å²) in [5, 5.41) is 19.7. The highest BCUT2D eigenvalue weighted by atomic mass is 16.3. The van der Waals surface area contributed by atoms with Crippen LogP contribution in [0.3, 0.4) is 0 Å². The van der Waals surface area contributed by atoms with Crippen LogP contribution in [0.15, 0.2) is 48.5 Å². The van der Waals surface area contributed by atoms with Crippen molar-refractivity contribution in [3.8, 4) is 11.5 Å². The first-order chi connectivity index (χ1) is 18.3. The van der Waals surface area contributed by atoms with Crippen LogP contribution in [0.1, 0.15) is 91.8 Å². The van der Waals surface area contributed by atoms with Crippen molar-refractivity contribution >= 4 is 23.6 Å². The molecule has 0 unspecified atom stereocenters. The Balaban J connectivity index is 1.92. The van der Waals surface area contributed by atoms with E-state index in [1.165, 1.54) is 49.9 Å². The van der Waals surface area contributed by atoms with Crippen LogP contribution in [0.4, 0.5) is 0 Å². The Morgan fingerprint density at radius 1 is 0.605 bits per heavy atom. The largest absolute Gasteiger partial charge is 0.507 e. The number of amides is 4. The first-order valence-corrected chi connectivity index (χ1v) is 13.1. The van der Waals surface area contributed by atoms with Crippen molar-refractivity contribution in [3.05, 3.63) is 59.7 Å². The molecule has 0 bridgehead atoms.